The smallest absolute Gasteiger partial charge is 0.0462 e. The van der Waals surface area contributed by atoms with Gasteiger partial charge in [-0.1, -0.05) is 120 Å². The van der Waals surface area contributed by atoms with Crippen molar-refractivity contribution < 1.29 is 4.74 Å². The van der Waals surface area contributed by atoms with Gasteiger partial charge < -0.3 is 4.74 Å². The van der Waals surface area contributed by atoms with Crippen LogP contribution in [0.2, 0.25) is 0 Å². The lowest BCUT2D eigenvalue weighted by molar-refractivity contribution is 0.192. The fourth-order valence-corrected chi connectivity index (χ4v) is 3.70. The van der Waals surface area contributed by atoms with Crippen molar-refractivity contribution in [2.75, 3.05) is 13.7 Å². The molecule has 1 heteroatoms. The first kappa shape index (κ1) is 23.2. The molecule has 1 aromatic carbocycles. The molecule has 0 radical (unpaired) electrons. The summed E-state index contributed by atoms with van der Waals surface area (Å²) in [6.07, 6.45) is 23.9. The average Bonchev–Trinajstić information content (AvgIpc) is 2.68. The van der Waals surface area contributed by atoms with Gasteiger partial charge in [-0.05, 0) is 24.8 Å². The molecule has 150 valence electrons. The van der Waals surface area contributed by atoms with Crippen LogP contribution < -0.4 is 0 Å². The summed E-state index contributed by atoms with van der Waals surface area (Å²) >= 11 is 0. The molecule has 0 aliphatic heterocycles. The first-order valence-electron chi connectivity index (χ1n) is 11.5. The van der Waals surface area contributed by atoms with Crippen molar-refractivity contribution in [3.63, 3.8) is 0 Å². The molecule has 1 rings (SSSR count). The minimum absolute atomic E-state index is 0.938. The molecule has 0 fully saturated rings. The summed E-state index contributed by atoms with van der Waals surface area (Å²) in [5, 5.41) is 0. The van der Waals surface area contributed by atoms with E-state index in [4.69, 9.17) is 4.74 Å². The minimum atomic E-state index is 0.938. The van der Waals surface area contributed by atoms with Crippen LogP contribution in [0.3, 0.4) is 0 Å². The van der Waals surface area contributed by atoms with Gasteiger partial charge in [-0.25, -0.2) is 0 Å². The van der Waals surface area contributed by atoms with Crippen molar-refractivity contribution in [2.45, 2.75) is 109 Å². The monoisotopic (exact) mass is 360 g/mol. The van der Waals surface area contributed by atoms with Gasteiger partial charge in [0.05, 0.1) is 0 Å². The fourth-order valence-electron chi connectivity index (χ4n) is 3.70. The SMILES string of the molecule is COCCCCCCCCCCCCCCCCCCc1ccccc1. The Balaban J connectivity index is 1.68. The molecule has 26 heavy (non-hydrogen) atoms. The highest BCUT2D eigenvalue weighted by Crippen LogP contribution is 2.14. The number of ether oxygens (including phenoxy) is 1. The molecular formula is C25H44O. The second kappa shape index (κ2) is 19.0. The molecule has 0 bridgehead atoms. The van der Waals surface area contributed by atoms with Crippen LogP contribution in [0.5, 0.6) is 0 Å². The van der Waals surface area contributed by atoms with Crippen molar-refractivity contribution >= 4 is 0 Å². The summed E-state index contributed by atoms with van der Waals surface area (Å²) in [6, 6.07) is 10.9. The summed E-state index contributed by atoms with van der Waals surface area (Å²) < 4.78 is 5.08. The zero-order valence-corrected chi connectivity index (χ0v) is 17.5. The summed E-state index contributed by atoms with van der Waals surface area (Å²) in [7, 11) is 1.80. The van der Waals surface area contributed by atoms with Gasteiger partial charge in [0.2, 0.25) is 0 Å². The Hall–Kier alpha value is -0.820. The third-order valence-electron chi connectivity index (χ3n) is 5.41. The Kier molecular flexibility index (Phi) is 16.9. The third kappa shape index (κ3) is 15.4. The Labute approximate surface area is 163 Å². The lowest BCUT2D eigenvalue weighted by atomic mass is 10.0. The minimum Gasteiger partial charge on any atom is -0.385 e. The second-order valence-electron chi connectivity index (χ2n) is 7.89. The standard InChI is InChI=1S/C25H44O/c1-26-24-20-15-13-11-9-7-5-3-2-4-6-8-10-12-14-17-21-25-22-18-16-19-23-25/h16,18-19,22-23H,2-15,17,20-21,24H2,1H3. The summed E-state index contributed by atoms with van der Waals surface area (Å²) in [6.45, 7) is 0.938. The molecule has 0 saturated heterocycles. The van der Waals surface area contributed by atoms with Crippen LogP contribution in [-0.2, 0) is 11.2 Å². The van der Waals surface area contributed by atoms with Gasteiger partial charge in [-0.2, -0.15) is 0 Å². The zero-order valence-electron chi connectivity index (χ0n) is 17.5. The number of methoxy groups -OCH3 is 1. The van der Waals surface area contributed by atoms with E-state index < -0.39 is 0 Å². The Morgan fingerprint density at radius 2 is 0.885 bits per heavy atom. The fraction of sp³-hybridized carbons (Fsp3) is 0.760. The maximum Gasteiger partial charge on any atom is 0.0462 e. The van der Waals surface area contributed by atoms with Gasteiger partial charge >= 0.3 is 0 Å². The van der Waals surface area contributed by atoms with Crippen LogP contribution in [0, 0.1) is 0 Å². The molecule has 1 nitrogen and oxygen atoms in total. The van der Waals surface area contributed by atoms with Gasteiger partial charge in [0, 0.05) is 13.7 Å². The van der Waals surface area contributed by atoms with Gasteiger partial charge in [-0.15, -0.1) is 0 Å². The molecule has 0 aliphatic carbocycles. The number of rotatable bonds is 19. The van der Waals surface area contributed by atoms with Gasteiger partial charge in [0.1, 0.15) is 0 Å². The number of hydrogen-bond donors (Lipinski definition) is 0. The highest BCUT2D eigenvalue weighted by molar-refractivity contribution is 5.14. The van der Waals surface area contributed by atoms with Crippen LogP contribution in [0.15, 0.2) is 30.3 Å². The van der Waals surface area contributed by atoms with E-state index in [0.29, 0.717) is 0 Å². The normalized spacial score (nSPS) is 11.1. The van der Waals surface area contributed by atoms with E-state index in [1.807, 2.05) is 0 Å². The number of aryl methyl sites for hydroxylation is 1. The molecule has 0 saturated carbocycles. The maximum atomic E-state index is 5.08. The predicted molar refractivity (Wildman–Crippen MR) is 116 cm³/mol. The van der Waals surface area contributed by atoms with Crippen molar-refractivity contribution in [1.82, 2.24) is 0 Å². The second-order valence-corrected chi connectivity index (χ2v) is 7.89. The van der Waals surface area contributed by atoms with Crippen molar-refractivity contribution in [3.8, 4) is 0 Å². The summed E-state index contributed by atoms with van der Waals surface area (Å²) in [4.78, 5) is 0. The molecular weight excluding hydrogens is 316 g/mol. The van der Waals surface area contributed by atoms with Crippen LogP contribution in [0.25, 0.3) is 0 Å². The van der Waals surface area contributed by atoms with E-state index in [-0.39, 0.29) is 0 Å². The molecule has 0 atom stereocenters. The van der Waals surface area contributed by atoms with Crippen LogP contribution in [-0.4, -0.2) is 13.7 Å². The summed E-state index contributed by atoms with van der Waals surface area (Å²) in [5.74, 6) is 0. The maximum absolute atomic E-state index is 5.08. The van der Waals surface area contributed by atoms with Gasteiger partial charge in [0.25, 0.3) is 0 Å². The highest BCUT2D eigenvalue weighted by atomic mass is 16.5. The molecule has 0 amide bonds. The number of unbranched alkanes of at least 4 members (excludes halogenated alkanes) is 15. The molecule has 1 aromatic rings. The molecule has 0 aromatic heterocycles. The Morgan fingerprint density at radius 3 is 1.31 bits per heavy atom. The largest absolute Gasteiger partial charge is 0.385 e. The van der Waals surface area contributed by atoms with Gasteiger partial charge in [0.15, 0.2) is 0 Å². The van der Waals surface area contributed by atoms with E-state index in [0.717, 1.165) is 6.61 Å². The van der Waals surface area contributed by atoms with E-state index in [2.05, 4.69) is 30.3 Å². The van der Waals surface area contributed by atoms with Crippen LogP contribution in [0.1, 0.15) is 108 Å². The van der Waals surface area contributed by atoms with E-state index in [1.165, 1.54) is 115 Å². The third-order valence-corrected chi connectivity index (χ3v) is 5.41. The quantitative estimate of drug-likeness (QED) is 0.226. The van der Waals surface area contributed by atoms with E-state index in [9.17, 15) is 0 Å². The number of hydrogen-bond acceptors (Lipinski definition) is 1. The molecule has 0 heterocycles. The first-order chi connectivity index (χ1) is 12.9. The first-order valence-corrected chi connectivity index (χ1v) is 11.5. The van der Waals surface area contributed by atoms with Crippen LogP contribution in [0.4, 0.5) is 0 Å². The predicted octanol–water partition coefficient (Wildman–Crippen LogP) is 8.12. The van der Waals surface area contributed by atoms with Crippen molar-refractivity contribution in [3.05, 3.63) is 35.9 Å². The molecule has 0 spiro atoms. The Bertz CT molecular complexity index is 373. The number of benzene rings is 1. The van der Waals surface area contributed by atoms with Gasteiger partial charge in [-0.3, -0.25) is 0 Å². The van der Waals surface area contributed by atoms with E-state index >= 15 is 0 Å². The van der Waals surface area contributed by atoms with E-state index in [1.54, 1.807) is 7.11 Å². The highest BCUT2D eigenvalue weighted by Gasteiger charge is 1.96. The zero-order chi connectivity index (χ0) is 18.5. The molecule has 0 N–H and O–H groups in total. The van der Waals surface area contributed by atoms with Crippen molar-refractivity contribution in [2.24, 2.45) is 0 Å². The lowest BCUT2D eigenvalue weighted by Crippen LogP contribution is -1.88. The summed E-state index contributed by atoms with van der Waals surface area (Å²) in [5.41, 5.74) is 1.50. The average molecular weight is 361 g/mol. The Morgan fingerprint density at radius 1 is 0.500 bits per heavy atom. The van der Waals surface area contributed by atoms with Crippen molar-refractivity contribution in [1.29, 1.82) is 0 Å². The van der Waals surface area contributed by atoms with Crippen LogP contribution >= 0.6 is 0 Å². The lowest BCUT2D eigenvalue weighted by Gasteiger charge is -2.04. The molecule has 0 unspecified atom stereocenters. The molecule has 0 aliphatic rings. The topological polar surface area (TPSA) is 9.23 Å².